The number of hydrogen-bond acceptors (Lipinski definition) is 1. The summed E-state index contributed by atoms with van der Waals surface area (Å²) in [6, 6.07) is 7.42. The predicted molar refractivity (Wildman–Crippen MR) is 45.5 cm³/mol. The SMILES string of the molecule is C/C(=C\c1ccc#cc1O)C(F)(F)F. The number of rotatable bonds is 1. The van der Waals surface area contributed by atoms with Crippen molar-refractivity contribution in [1.29, 1.82) is 0 Å². The van der Waals surface area contributed by atoms with Crippen molar-refractivity contribution in [3.05, 3.63) is 35.4 Å². The zero-order chi connectivity index (χ0) is 10.8. The van der Waals surface area contributed by atoms with Crippen molar-refractivity contribution in [2.75, 3.05) is 0 Å². The largest absolute Gasteiger partial charge is 0.500 e. The van der Waals surface area contributed by atoms with Crippen LogP contribution in [0.15, 0.2) is 17.7 Å². The predicted octanol–water partition coefficient (Wildman–Crippen LogP) is 2.96. The van der Waals surface area contributed by atoms with Crippen molar-refractivity contribution in [3.63, 3.8) is 0 Å². The molecule has 0 unspecified atom stereocenters. The van der Waals surface area contributed by atoms with Gasteiger partial charge in [-0.3, -0.25) is 0 Å². The van der Waals surface area contributed by atoms with E-state index in [1.165, 1.54) is 12.1 Å². The maximum Gasteiger partial charge on any atom is 0.412 e. The average molecular weight is 200 g/mol. The molecule has 0 aliphatic rings. The summed E-state index contributed by atoms with van der Waals surface area (Å²) in [7, 11) is 0. The minimum Gasteiger partial charge on any atom is -0.500 e. The van der Waals surface area contributed by atoms with Gasteiger partial charge in [0.25, 0.3) is 0 Å². The van der Waals surface area contributed by atoms with Crippen molar-refractivity contribution >= 4 is 6.08 Å². The smallest absolute Gasteiger partial charge is 0.412 e. The number of alkyl halides is 3. The lowest BCUT2D eigenvalue weighted by Gasteiger charge is -2.05. The van der Waals surface area contributed by atoms with Gasteiger partial charge in [0.2, 0.25) is 0 Å². The van der Waals surface area contributed by atoms with Gasteiger partial charge in [0.1, 0.15) is 0 Å². The summed E-state index contributed by atoms with van der Waals surface area (Å²) in [5.41, 5.74) is -0.689. The second-order valence-corrected chi connectivity index (χ2v) is 2.73. The van der Waals surface area contributed by atoms with Gasteiger partial charge in [0, 0.05) is 11.1 Å². The van der Waals surface area contributed by atoms with Crippen LogP contribution in [0.25, 0.3) is 6.08 Å². The third-order valence-corrected chi connectivity index (χ3v) is 1.63. The van der Waals surface area contributed by atoms with Crippen LogP contribution >= 0.6 is 0 Å². The quantitative estimate of drug-likeness (QED) is 0.738. The highest BCUT2D eigenvalue weighted by Gasteiger charge is 2.29. The Morgan fingerprint density at radius 1 is 1.50 bits per heavy atom. The molecular weight excluding hydrogens is 193 g/mol. The van der Waals surface area contributed by atoms with Crippen LogP contribution in [0.3, 0.4) is 0 Å². The molecule has 0 atom stereocenters. The second-order valence-electron chi connectivity index (χ2n) is 2.73. The lowest BCUT2D eigenvalue weighted by atomic mass is 10.1. The zero-order valence-corrected chi connectivity index (χ0v) is 7.31. The lowest BCUT2D eigenvalue weighted by Crippen LogP contribution is -2.08. The van der Waals surface area contributed by atoms with E-state index in [9.17, 15) is 13.2 Å². The van der Waals surface area contributed by atoms with E-state index >= 15 is 0 Å². The Kier molecular flexibility index (Phi) is 2.70. The van der Waals surface area contributed by atoms with Crippen LogP contribution in [0.5, 0.6) is 5.75 Å². The fourth-order valence-corrected chi connectivity index (χ4v) is 0.824. The van der Waals surface area contributed by atoms with Crippen molar-refractivity contribution in [1.82, 2.24) is 0 Å². The van der Waals surface area contributed by atoms with E-state index in [-0.39, 0.29) is 11.3 Å². The molecule has 1 nitrogen and oxygen atoms in total. The fourth-order valence-electron chi connectivity index (χ4n) is 0.824. The van der Waals surface area contributed by atoms with Gasteiger partial charge in [-0.25, -0.2) is 0 Å². The normalized spacial score (nSPS) is 12.4. The molecule has 0 aliphatic carbocycles. The Balaban J connectivity index is 3.04. The Hall–Kier alpha value is -1.63. The number of hydrogen-bond donors (Lipinski definition) is 1. The van der Waals surface area contributed by atoms with Gasteiger partial charge in [-0.05, 0) is 31.2 Å². The molecule has 4 heteroatoms. The third kappa shape index (κ3) is 2.43. The van der Waals surface area contributed by atoms with E-state index in [0.29, 0.717) is 0 Å². The zero-order valence-electron chi connectivity index (χ0n) is 7.31. The van der Waals surface area contributed by atoms with Crippen LogP contribution < -0.4 is 0 Å². The van der Waals surface area contributed by atoms with E-state index in [1.807, 2.05) is 0 Å². The van der Waals surface area contributed by atoms with Crippen molar-refractivity contribution < 1.29 is 18.3 Å². The Bertz CT molecular complexity index is 353. The molecule has 0 fully saturated rings. The molecule has 0 heterocycles. The summed E-state index contributed by atoms with van der Waals surface area (Å²) in [5.74, 6) is -0.337. The molecule has 0 aliphatic heterocycles. The topological polar surface area (TPSA) is 20.2 Å². The second kappa shape index (κ2) is 3.62. The molecule has 0 saturated heterocycles. The monoisotopic (exact) mass is 200 g/mol. The lowest BCUT2D eigenvalue weighted by molar-refractivity contribution is -0.0903. The maximum atomic E-state index is 12.1. The first kappa shape index (κ1) is 10.5. The Morgan fingerprint density at radius 2 is 2.14 bits per heavy atom. The van der Waals surface area contributed by atoms with Crippen molar-refractivity contribution in [3.8, 4) is 5.75 Å². The van der Waals surface area contributed by atoms with E-state index < -0.39 is 11.7 Å². The molecule has 14 heavy (non-hydrogen) atoms. The van der Waals surface area contributed by atoms with Crippen LogP contribution in [-0.4, -0.2) is 11.3 Å². The Morgan fingerprint density at radius 3 is 2.64 bits per heavy atom. The van der Waals surface area contributed by atoms with Gasteiger partial charge in [0.05, 0.1) is 0 Å². The van der Waals surface area contributed by atoms with E-state index in [0.717, 1.165) is 13.0 Å². The number of aromatic hydroxyl groups is 1. The van der Waals surface area contributed by atoms with Crippen LogP contribution in [0.1, 0.15) is 12.5 Å². The summed E-state index contributed by atoms with van der Waals surface area (Å²) in [4.78, 5) is 0. The first-order valence-electron chi connectivity index (χ1n) is 3.78. The van der Waals surface area contributed by atoms with Crippen molar-refractivity contribution in [2.24, 2.45) is 0 Å². The molecule has 0 bridgehead atoms. The van der Waals surface area contributed by atoms with Crippen LogP contribution in [-0.2, 0) is 0 Å². The molecule has 74 valence electrons. The van der Waals surface area contributed by atoms with Gasteiger partial charge < -0.3 is 5.11 Å². The van der Waals surface area contributed by atoms with E-state index in [4.69, 9.17) is 5.11 Å². The molecule has 1 aromatic carbocycles. The van der Waals surface area contributed by atoms with Gasteiger partial charge in [0.15, 0.2) is 5.75 Å². The molecule has 0 amide bonds. The number of allylic oxidation sites excluding steroid dienone is 1. The summed E-state index contributed by atoms with van der Waals surface area (Å²) in [6.45, 7) is 0.941. The molecule has 1 rings (SSSR count). The Labute approximate surface area is 79.5 Å². The van der Waals surface area contributed by atoms with Crippen molar-refractivity contribution in [2.45, 2.75) is 13.1 Å². The highest BCUT2D eigenvalue weighted by molar-refractivity contribution is 5.58. The summed E-state index contributed by atoms with van der Waals surface area (Å²) < 4.78 is 36.3. The molecular formula is C10H7F3O. The molecule has 0 spiro atoms. The van der Waals surface area contributed by atoms with Crippen LogP contribution in [0.2, 0.25) is 0 Å². The molecule has 0 saturated carbocycles. The van der Waals surface area contributed by atoms with E-state index in [2.05, 4.69) is 12.1 Å². The number of halogens is 3. The molecule has 0 aromatic heterocycles. The summed E-state index contributed by atoms with van der Waals surface area (Å²) >= 11 is 0. The highest BCUT2D eigenvalue weighted by atomic mass is 19.4. The maximum absolute atomic E-state index is 12.1. The van der Waals surface area contributed by atoms with Gasteiger partial charge in [-0.1, -0.05) is 6.07 Å². The van der Waals surface area contributed by atoms with Gasteiger partial charge in [-0.2, -0.15) is 13.2 Å². The van der Waals surface area contributed by atoms with E-state index in [1.54, 1.807) is 0 Å². The average Bonchev–Trinajstić information content (AvgIpc) is 2.07. The van der Waals surface area contributed by atoms with Gasteiger partial charge >= 0.3 is 6.18 Å². The first-order chi connectivity index (χ1) is 6.41. The van der Waals surface area contributed by atoms with Crippen LogP contribution in [0.4, 0.5) is 13.2 Å². The highest BCUT2D eigenvalue weighted by Crippen LogP contribution is 2.28. The molecule has 1 aromatic rings. The van der Waals surface area contributed by atoms with Gasteiger partial charge in [-0.15, -0.1) is 0 Å². The minimum absolute atomic E-state index is 0.0820. The van der Waals surface area contributed by atoms with Crippen LogP contribution in [0, 0.1) is 12.1 Å². The third-order valence-electron chi connectivity index (χ3n) is 1.63. The summed E-state index contributed by atoms with van der Waals surface area (Å²) in [5, 5.41) is 9.13. The minimum atomic E-state index is -4.37. The fraction of sp³-hybridized carbons (Fsp3) is 0.200. The standard InChI is InChI=1S/C10H7F3O/c1-7(10(11,12)13)6-8-4-2-3-5-9(8)14/h2,4,6,14H,1H3/b7-6+. The molecule has 1 N–H and O–H groups in total. The molecule has 0 radical (unpaired) electrons. The summed E-state index contributed by atoms with van der Waals surface area (Å²) in [6.07, 6.45) is -3.51. The first-order valence-corrected chi connectivity index (χ1v) is 3.78.